The smallest absolute Gasteiger partial charge is 0.303 e. The van der Waals surface area contributed by atoms with Crippen molar-refractivity contribution in [2.24, 2.45) is 4.99 Å². The minimum Gasteiger partial charge on any atom is -0.481 e. The number of aliphatic imine (C=N–C) groups is 1. The third-order valence-corrected chi connectivity index (χ3v) is 7.41. The number of amides is 1. The predicted octanol–water partition coefficient (Wildman–Crippen LogP) is 1.81. The van der Waals surface area contributed by atoms with Crippen LogP contribution in [0.2, 0.25) is 5.02 Å². The minimum atomic E-state index is -3.13. The minimum absolute atomic E-state index is 0.00434. The summed E-state index contributed by atoms with van der Waals surface area (Å²) in [4.78, 5) is 28.3. The number of carboxylic acids is 1. The Morgan fingerprint density at radius 3 is 2.56 bits per heavy atom. The number of rotatable bonds is 4. The number of carbonyl (C=O) groups excluding carboxylic acids is 1. The Bertz CT molecular complexity index is 838. The van der Waals surface area contributed by atoms with E-state index in [1.807, 2.05) is 0 Å². The summed E-state index contributed by atoms with van der Waals surface area (Å²) >= 11 is 7.16. The molecule has 2 heterocycles. The lowest BCUT2D eigenvalue weighted by molar-refractivity contribution is -0.138. The number of benzene rings is 1. The first-order valence-corrected chi connectivity index (χ1v) is 10.6. The molecule has 0 aliphatic carbocycles. The van der Waals surface area contributed by atoms with Gasteiger partial charge in [0.1, 0.15) is 0 Å². The van der Waals surface area contributed by atoms with Crippen LogP contribution in [0.3, 0.4) is 0 Å². The Morgan fingerprint density at radius 2 is 1.92 bits per heavy atom. The van der Waals surface area contributed by atoms with Crippen LogP contribution in [-0.4, -0.2) is 53.4 Å². The lowest BCUT2D eigenvalue weighted by atomic mass is 10.2. The molecule has 3 rings (SSSR count). The normalized spacial score (nSPS) is 26.0. The van der Waals surface area contributed by atoms with Crippen LogP contribution in [0, 0.1) is 0 Å². The van der Waals surface area contributed by atoms with E-state index in [0.717, 1.165) is 0 Å². The monoisotopic (exact) mass is 402 g/mol. The van der Waals surface area contributed by atoms with Crippen molar-refractivity contribution in [1.29, 1.82) is 0 Å². The number of carbonyl (C=O) groups is 2. The maximum absolute atomic E-state index is 12.0. The van der Waals surface area contributed by atoms with Crippen LogP contribution in [0.5, 0.6) is 0 Å². The van der Waals surface area contributed by atoms with Gasteiger partial charge in [0, 0.05) is 22.4 Å². The standard InChI is InChI=1S/C15H15ClN2O5S2/c16-9-1-3-10(4-2-9)18-11-7-25(22,23)8-12(11)24-15(18)17-13(19)5-6-14(20)21/h1-4,11-12H,5-8H2,(H,20,21)/t11-,12-/m1/s1. The molecule has 7 nitrogen and oxygen atoms in total. The zero-order chi connectivity index (χ0) is 18.2. The van der Waals surface area contributed by atoms with Crippen molar-refractivity contribution in [2.45, 2.75) is 24.1 Å². The first-order valence-electron chi connectivity index (χ1n) is 7.50. The second kappa shape index (κ2) is 6.97. The van der Waals surface area contributed by atoms with E-state index in [9.17, 15) is 18.0 Å². The number of hydrogen-bond donors (Lipinski definition) is 1. The van der Waals surface area contributed by atoms with Gasteiger partial charge in [-0.15, -0.1) is 0 Å². The zero-order valence-corrected chi connectivity index (χ0v) is 15.4. The molecule has 1 aromatic rings. The van der Waals surface area contributed by atoms with Crippen molar-refractivity contribution in [3.05, 3.63) is 29.3 Å². The Morgan fingerprint density at radius 1 is 1.24 bits per heavy atom. The molecule has 2 fully saturated rings. The number of aliphatic carboxylic acids is 1. The van der Waals surface area contributed by atoms with E-state index in [1.54, 1.807) is 29.2 Å². The maximum Gasteiger partial charge on any atom is 0.303 e. The summed E-state index contributed by atoms with van der Waals surface area (Å²) < 4.78 is 23.9. The molecule has 0 spiro atoms. The lowest BCUT2D eigenvalue weighted by Gasteiger charge is -2.24. The van der Waals surface area contributed by atoms with Crippen molar-refractivity contribution in [3.63, 3.8) is 0 Å². The van der Waals surface area contributed by atoms with Crippen molar-refractivity contribution in [2.75, 3.05) is 16.4 Å². The highest BCUT2D eigenvalue weighted by atomic mass is 35.5. The highest BCUT2D eigenvalue weighted by molar-refractivity contribution is 8.16. The molecule has 1 N–H and O–H groups in total. The Hall–Kier alpha value is -1.58. The molecule has 134 valence electrons. The second-order valence-electron chi connectivity index (χ2n) is 5.83. The molecule has 2 aliphatic rings. The fourth-order valence-corrected chi connectivity index (χ4v) is 6.90. The quantitative estimate of drug-likeness (QED) is 0.818. The first-order chi connectivity index (χ1) is 11.7. The number of anilines is 1. The molecule has 0 unspecified atom stereocenters. The highest BCUT2D eigenvalue weighted by Crippen LogP contribution is 2.41. The van der Waals surface area contributed by atoms with Gasteiger partial charge in [0.25, 0.3) is 0 Å². The summed E-state index contributed by atoms with van der Waals surface area (Å²) in [7, 11) is -3.13. The summed E-state index contributed by atoms with van der Waals surface area (Å²) in [6.07, 6.45) is -0.482. The van der Waals surface area contributed by atoms with Gasteiger partial charge < -0.3 is 10.0 Å². The van der Waals surface area contributed by atoms with Gasteiger partial charge >= 0.3 is 5.97 Å². The van der Waals surface area contributed by atoms with Gasteiger partial charge in [0.15, 0.2) is 15.0 Å². The van der Waals surface area contributed by atoms with Gasteiger partial charge in [-0.05, 0) is 24.3 Å². The highest BCUT2D eigenvalue weighted by Gasteiger charge is 2.49. The predicted molar refractivity (Wildman–Crippen MR) is 97.1 cm³/mol. The van der Waals surface area contributed by atoms with Crippen LogP contribution in [0.15, 0.2) is 29.3 Å². The van der Waals surface area contributed by atoms with Crippen molar-refractivity contribution >= 4 is 55.9 Å². The maximum atomic E-state index is 12.0. The topological polar surface area (TPSA) is 104 Å². The molecular weight excluding hydrogens is 388 g/mol. The lowest BCUT2D eigenvalue weighted by Crippen LogP contribution is -2.37. The van der Waals surface area contributed by atoms with E-state index in [1.165, 1.54) is 11.8 Å². The number of sulfone groups is 1. The molecule has 25 heavy (non-hydrogen) atoms. The molecule has 0 radical (unpaired) electrons. The SMILES string of the molecule is O=C(O)CCC(=O)N=C1S[C@@H]2CS(=O)(=O)C[C@H]2N1c1ccc(Cl)cc1. The van der Waals surface area contributed by atoms with Crippen molar-refractivity contribution < 1.29 is 23.1 Å². The Kier molecular flexibility index (Phi) is 5.08. The number of fused-ring (bicyclic) bond motifs is 1. The van der Waals surface area contributed by atoms with Crippen LogP contribution in [0.1, 0.15) is 12.8 Å². The van der Waals surface area contributed by atoms with Gasteiger partial charge in [-0.3, -0.25) is 9.59 Å². The molecule has 10 heteroatoms. The van der Waals surface area contributed by atoms with Gasteiger partial charge in [-0.2, -0.15) is 4.99 Å². The van der Waals surface area contributed by atoms with Crippen LogP contribution < -0.4 is 4.90 Å². The number of amidine groups is 1. The van der Waals surface area contributed by atoms with Crippen LogP contribution >= 0.6 is 23.4 Å². The zero-order valence-electron chi connectivity index (χ0n) is 13.0. The number of nitrogens with zero attached hydrogens (tertiary/aromatic N) is 2. The Labute approximate surface area is 154 Å². The molecule has 2 saturated heterocycles. The van der Waals surface area contributed by atoms with Crippen molar-refractivity contribution in [1.82, 2.24) is 0 Å². The number of hydrogen-bond acceptors (Lipinski definition) is 5. The number of thioether (sulfide) groups is 1. The van der Waals surface area contributed by atoms with Gasteiger partial charge in [-0.25, -0.2) is 8.42 Å². The van der Waals surface area contributed by atoms with Crippen LogP contribution in [-0.2, 0) is 19.4 Å². The van der Waals surface area contributed by atoms with Crippen LogP contribution in [0.4, 0.5) is 5.69 Å². The molecule has 2 atom stereocenters. The molecule has 0 aromatic heterocycles. The third kappa shape index (κ3) is 4.16. The molecule has 1 amide bonds. The third-order valence-electron chi connectivity index (χ3n) is 3.94. The molecule has 0 bridgehead atoms. The van der Waals surface area contributed by atoms with Crippen LogP contribution in [0.25, 0.3) is 0 Å². The molecular formula is C15H15ClN2O5S2. The first kappa shape index (κ1) is 18.2. The summed E-state index contributed by atoms with van der Waals surface area (Å²) in [5.74, 6) is -1.57. The fourth-order valence-electron chi connectivity index (χ4n) is 2.84. The van der Waals surface area contributed by atoms with E-state index in [2.05, 4.69) is 4.99 Å². The molecule has 1 aromatic carbocycles. The van der Waals surface area contributed by atoms with E-state index in [-0.39, 0.29) is 35.6 Å². The van der Waals surface area contributed by atoms with E-state index < -0.39 is 21.7 Å². The van der Waals surface area contributed by atoms with E-state index in [0.29, 0.717) is 15.9 Å². The van der Waals surface area contributed by atoms with Gasteiger partial charge in [0.2, 0.25) is 5.91 Å². The van der Waals surface area contributed by atoms with E-state index in [4.69, 9.17) is 16.7 Å². The summed E-state index contributed by atoms with van der Waals surface area (Å²) in [5, 5.41) is 9.42. The fraction of sp³-hybridized carbons (Fsp3) is 0.400. The molecule has 2 aliphatic heterocycles. The summed E-state index contributed by atoms with van der Waals surface area (Å²) in [6, 6.07) is 6.55. The Balaban J connectivity index is 1.90. The van der Waals surface area contributed by atoms with Gasteiger partial charge in [-0.1, -0.05) is 23.4 Å². The van der Waals surface area contributed by atoms with Crippen molar-refractivity contribution in [3.8, 4) is 0 Å². The van der Waals surface area contributed by atoms with Gasteiger partial charge in [0.05, 0.1) is 24.0 Å². The summed E-state index contributed by atoms with van der Waals surface area (Å²) in [6.45, 7) is 0. The summed E-state index contributed by atoms with van der Waals surface area (Å²) in [5.41, 5.74) is 0.700. The average Bonchev–Trinajstić information content (AvgIpc) is 2.97. The van der Waals surface area contributed by atoms with E-state index >= 15 is 0 Å². The number of halogens is 1. The average molecular weight is 403 g/mol. The number of carboxylic acid groups (broad SMARTS) is 1. The molecule has 0 saturated carbocycles. The second-order valence-corrected chi connectivity index (χ2v) is 9.63. The largest absolute Gasteiger partial charge is 0.481 e.